The van der Waals surface area contributed by atoms with Crippen molar-refractivity contribution in [2.24, 2.45) is 5.41 Å². The van der Waals surface area contributed by atoms with Gasteiger partial charge in [-0.2, -0.15) is 0 Å². The maximum atomic E-state index is 12.2. The highest BCUT2D eigenvalue weighted by molar-refractivity contribution is 5.96. The molecule has 17 heavy (non-hydrogen) atoms. The molecule has 1 aromatic carbocycles. The number of rotatable bonds is 2. The van der Waals surface area contributed by atoms with Gasteiger partial charge in [0.1, 0.15) is 5.75 Å². The molecule has 1 saturated heterocycles. The molecule has 0 aliphatic carbocycles. The molecule has 0 unspecified atom stereocenters. The Morgan fingerprint density at radius 2 is 2.00 bits per heavy atom. The average molecular weight is 234 g/mol. The van der Waals surface area contributed by atoms with Crippen molar-refractivity contribution in [3.8, 4) is 5.75 Å². The van der Waals surface area contributed by atoms with Gasteiger partial charge in [-0.3, -0.25) is 4.79 Å². The minimum Gasteiger partial charge on any atom is -0.506 e. The summed E-state index contributed by atoms with van der Waals surface area (Å²) in [6.45, 7) is 3.71. The van der Waals surface area contributed by atoms with Crippen LogP contribution >= 0.6 is 0 Å². The zero-order chi connectivity index (χ0) is 12.3. The summed E-state index contributed by atoms with van der Waals surface area (Å²) in [4.78, 5) is 12.2. The van der Waals surface area contributed by atoms with Crippen LogP contribution in [0.25, 0.3) is 0 Å². The topological polar surface area (TPSA) is 61.4 Å². The molecular weight excluding hydrogens is 216 g/mol. The first-order valence-electron chi connectivity index (χ1n) is 5.92. The molecule has 0 bridgehead atoms. The second-order valence-electron chi connectivity index (χ2n) is 4.78. The summed E-state index contributed by atoms with van der Waals surface area (Å²) in [6.07, 6.45) is 1.65. The molecule has 0 aromatic heterocycles. The van der Waals surface area contributed by atoms with Crippen molar-refractivity contribution in [2.45, 2.75) is 19.8 Å². The van der Waals surface area contributed by atoms with E-state index in [0.29, 0.717) is 5.69 Å². The highest BCUT2D eigenvalue weighted by Gasteiger charge is 2.34. The summed E-state index contributed by atoms with van der Waals surface area (Å²) < 4.78 is 0. The van der Waals surface area contributed by atoms with E-state index in [2.05, 4.69) is 10.6 Å². The number of carbonyl (C=O) groups is 1. The van der Waals surface area contributed by atoms with Crippen LogP contribution in [0, 0.1) is 5.41 Å². The van der Waals surface area contributed by atoms with Gasteiger partial charge < -0.3 is 15.7 Å². The van der Waals surface area contributed by atoms with Crippen molar-refractivity contribution >= 4 is 11.6 Å². The fraction of sp³-hybridized carbons (Fsp3) is 0.462. The fourth-order valence-corrected chi connectivity index (χ4v) is 2.06. The normalized spacial score (nSPS) is 18.6. The molecule has 0 atom stereocenters. The lowest BCUT2D eigenvalue weighted by atomic mass is 9.80. The average Bonchev–Trinajstić information content (AvgIpc) is 2.33. The van der Waals surface area contributed by atoms with Crippen LogP contribution in [0.5, 0.6) is 5.75 Å². The van der Waals surface area contributed by atoms with Crippen molar-refractivity contribution in [1.82, 2.24) is 5.32 Å². The Morgan fingerprint density at radius 1 is 1.35 bits per heavy atom. The van der Waals surface area contributed by atoms with E-state index in [4.69, 9.17) is 0 Å². The lowest BCUT2D eigenvalue weighted by molar-refractivity contribution is -0.126. The first-order valence-corrected chi connectivity index (χ1v) is 5.92. The fourth-order valence-electron chi connectivity index (χ4n) is 2.06. The molecule has 0 saturated carbocycles. The predicted molar refractivity (Wildman–Crippen MR) is 66.9 cm³/mol. The standard InChI is InChI=1S/C13H18N2O2/c1-13(6-8-14-9-7-13)12(17)15-10-4-2-3-5-11(10)16/h2-5,14,16H,6-9H2,1H3,(H,15,17). The Labute approximate surface area is 101 Å². The third-order valence-electron chi connectivity index (χ3n) is 3.41. The van der Waals surface area contributed by atoms with Crippen LogP contribution in [0.4, 0.5) is 5.69 Å². The van der Waals surface area contributed by atoms with Crippen molar-refractivity contribution in [2.75, 3.05) is 18.4 Å². The van der Waals surface area contributed by atoms with Gasteiger partial charge in [-0.1, -0.05) is 19.1 Å². The van der Waals surface area contributed by atoms with E-state index in [9.17, 15) is 9.90 Å². The van der Waals surface area contributed by atoms with Gasteiger partial charge in [0, 0.05) is 5.41 Å². The van der Waals surface area contributed by atoms with Gasteiger partial charge in [0.25, 0.3) is 0 Å². The molecule has 1 fully saturated rings. The maximum absolute atomic E-state index is 12.2. The summed E-state index contributed by atoms with van der Waals surface area (Å²) in [6, 6.07) is 6.80. The van der Waals surface area contributed by atoms with E-state index >= 15 is 0 Å². The molecule has 0 spiro atoms. The summed E-state index contributed by atoms with van der Waals surface area (Å²) in [5.74, 6) is 0.0962. The number of benzene rings is 1. The molecule has 2 rings (SSSR count). The molecule has 4 heteroatoms. The molecule has 1 aliphatic rings. The van der Waals surface area contributed by atoms with Crippen LogP contribution in [0.3, 0.4) is 0 Å². The quantitative estimate of drug-likeness (QED) is 0.683. The molecule has 1 amide bonds. The summed E-state index contributed by atoms with van der Waals surface area (Å²) in [7, 11) is 0. The van der Waals surface area contributed by atoms with Crippen molar-refractivity contribution in [3.63, 3.8) is 0 Å². The second-order valence-corrected chi connectivity index (χ2v) is 4.78. The Balaban J connectivity index is 2.08. The van der Waals surface area contributed by atoms with Gasteiger partial charge >= 0.3 is 0 Å². The number of hydrogen-bond acceptors (Lipinski definition) is 3. The first-order chi connectivity index (χ1) is 8.12. The van der Waals surface area contributed by atoms with Gasteiger partial charge in [-0.05, 0) is 38.1 Å². The Kier molecular flexibility index (Phi) is 3.33. The van der Waals surface area contributed by atoms with E-state index in [1.54, 1.807) is 24.3 Å². The van der Waals surface area contributed by atoms with Crippen LogP contribution in [0.2, 0.25) is 0 Å². The zero-order valence-corrected chi connectivity index (χ0v) is 9.99. The van der Waals surface area contributed by atoms with Crippen molar-refractivity contribution < 1.29 is 9.90 Å². The summed E-state index contributed by atoms with van der Waals surface area (Å²) >= 11 is 0. The van der Waals surface area contributed by atoms with E-state index in [1.165, 1.54) is 0 Å². The zero-order valence-electron chi connectivity index (χ0n) is 9.99. The van der Waals surface area contributed by atoms with Gasteiger partial charge in [-0.15, -0.1) is 0 Å². The van der Waals surface area contributed by atoms with Gasteiger partial charge in [-0.25, -0.2) is 0 Å². The SMILES string of the molecule is CC1(C(=O)Nc2ccccc2O)CCNCC1. The second kappa shape index (κ2) is 4.75. The number of nitrogens with one attached hydrogen (secondary N) is 2. The summed E-state index contributed by atoms with van der Waals surface area (Å²) in [5.41, 5.74) is 0.144. The third-order valence-corrected chi connectivity index (χ3v) is 3.41. The minimum absolute atomic E-state index is 0.0134. The number of piperidine rings is 1. The highest BCUT2D eigenvalue weighted by Crippen LogP contribution is 2.31. The Hall–Kier alpha value is -1.55. The summed E-state index contributed by atoms with van der Waals surface area (Å²) in [5, 5.41) is 15.7. The number of aromatic hydroxyl groups is 1. The number of anilines is 1. The largest absolute Gasteiger partial charge is 0.506 e. The molecule has 3 N–H and O–H groups in total. The van der Waals surface area contributed by atoms with Gasteiger partial charge in [0.15, 0.2) is 0 Å². The first kappa shape index (κ1) is 11.9. The van der Waals surface area contributed by atoms with E-state index in [0.717, 1.165) is 25.9 Å². The minimum atomic E-state index is -0.340. The monoisotopic (exact) mass is 234 g/mol. The van der Waals surface area contributed by atoms with Gasteiger partial charge in [0.2, 0.25) is 5.91 Å². The van der Waals surface area contributed by atoms with Crippen LogP contribution in [0.15, 0.2) is 24.3 Å². The van der Waals surface area contributed by atoms with E-state index < -0.39 is 0 Å². The molecule has 4 nitrogen and oxygen atoms in total. The van der Waals surface area contributed by atoms with E-state index in [-0.39, 0.29) is 17.1 Å². The molecular formula is C13H18N2O2. The lowest BCUT2D eigenvalue weighted by Gasteiger charge is -2.32. The molecule has 1 heterocycles. The molecule has 92 valence electrons. The Bertz CT molecular complexity index is 412. The number of amides is 1. The van der Waals surface area contributed by atoms with Crippen LogP contribution in [-0.4, -0.2) is 24.1 Å². The highest BCUT2D eigenvalue weighted by atomic mass is 16.3. The molecule has 0 radical (unpaired) electrons. The number of phenolic OH excluding ortho intramolecular Hbond substituents is 1. The third kappa shape index (κ3) is 2.58. The number of phenols is 1. The predicted octanol–water partition coefficient (Wildman–Crippen LogP) is 1.72. The van der Waals surface area contributed by atoms with Crippen LogP contribution < -0.4 is 10.6 Å². The number of carbonyl (C=O) groups excluding carboxylic acids is 1. The smallest absolute Gasteiger partial charge is 0.230 e. The van der Waals surface area contributed by atoms with Crippen molar-refractivity contribution in [3.05, 3.63) is 24.3 Å². The molecule has 1 aromatic rings. The van der Waals surface area contributed by atoms with Crippen LogP contribution in [-0.2, 0) is 4.79 Å². The number of hydrogen-bond donors (Lipinski definition) is 3. The maximum Gasteiger partial charge on any atom is 0.230 e. The lowest BCUT2D eigenvalue weighted by Crippen LogP contribution is -2.42. The van der Waals surface area contributed by atoms with Crippen molar-refractivity contribution in [1.29, 1.82) is 0 Å². The van der Waals surface area contributed by atoms with Gasteiger partial charge in [0.05, 0.1) is 5.69 Å². The van der Waals surface area contributed by atoms with Crippen LogP contribution in [0.1, 0.15) is 19.8 Å². The van der Waals surface area contributed by atoms with E-state index in [1.807, 2.05) is 6.92 Å². The molecule has 1 aliphatic heterocycles. The number of para-hydroxylation sites is 2. The Morgan fingerprint density at radius 3 is 2.65 bits per heavy atom.